The predicted octanol–water partition coefficient (Wildman–Crippen LogP) is 11.7. The van der Waals surface area contributed by atoms with Gasteiger partial charge in [0.15, 0.2) is 5.82 Å². The number of para-hydroxylation sites is 3. The van der Waals surface area contributed by atoms with E-state index in [0.717, 1.165) is 33.8 Å². The van der Waals surface area contributed by atoms with Gasteiger partial charge in [0.05, 0.1) is 39.0 Å². The third-order valence-electron chi connectivity index (χ3n) is 10.2. The van der Waals surface area contributed by atoms with E-state index >= 15 is 0 Å². The van der Waals surface area contributed by atoms with Crippen molar-refractivity contribution >= 4 is 59.9 Å². The molecule has 4 nitrogen and oxygen atoms in total. The fourth-order valence-electron chi connectivity index (χ4n) is 8.12. The van der Waals surface area contributed by atoms with E-state index in [1.807, 2.05) is 12.1 Å². The van der Waals surface area contributed by atoms with Gasteiger partial charge in [-0.05, 0) is 42.5 Å². The minimum absolute atomic E-state index is 0.700. The van der Waals surface area contributed by atoms with E-state index in [1.54, 1.807) is 0 Å². The first-order chi connectivity index (χ1) is 24.8. The molecule has 0 spiro atoms. The van der Waals surface area contributed by atoms with Crippen molar-refractivity contribution in [1.29, 1.82) is 0 Å². The Kier molecular flexibility index (Phi) is 5.63. The zero-order valence-corrected chi connectivity index (χ0v) is 27.0. The third kappa shape index (κ3) is 3.81. The smallest absolute Gasteiger partial charge is 0.160 e. The van der Waals surface area contributed by atoms with Gasteiger partial charge in [-0.15, -0.1) is 0 Å². The largest absolute Gasteiger partial charge is 0.309 e. The van der Waals surface area contributed by atoms with Crippen LogP contribution in [0.2, 0.25) is 0 Å². The maximum Gasteiger partial charge on any atom is 0.160 e. The Morgan fingerprint density at radius 2 is 0.900 bits per heavy atom. The summed E-state index contributed by atoms with van der Waals surface area (Å²) in [5, 5.41) is 7.64. The van der Waals surface area contributed by atoms with E-state index in [-0.39, 0.29) is 0 Å². The minimum Gasteiger partial charge on any atom is -0.309 e. The molecule has 0 radical (unpaired) electrons. The van der Waals surface area contributed by atoms with Gasteiger partial charge in [-0.25, -0.2) is 9.97 Å². The average molecular weight is 637 g/mol. The first-order valence-corrected chi connectivity index (χ1v) is 17.0. The molecule has 0 aliphatic carbocycles. The summed E-state index contributed by atoms with van der Waals surface area (Å²) in [5.74, 6) is 0.700. The molecule has 0 aliphatic rings. The van der Waals surface area contributed by atoms with Crippen LogP contribution in [0.5, 0.6) is 0 Å². The summed E-state index contributed by atoms with van der Waals surface area (Å²) in [5.41, 5.74) is 12.1. The van der Waals surface area contributed by atoms with Crippen molar-refractivity contribution in [3.8, 4) is 39.6 Å². The van der Waals surface area contributed by atoms with E-state index in [2.05, 4.69) is 167 Å². The van der Waals surface area contributed by atoms with Crippen LogP contribution in [0.15, 0.2) is 170 Å². The van der Waals surface area contributed by atoms with Crippen molar-refractivity contribution in [3.05, 3.63) is 170 Å². The van der Waals surface area contributed by atoms with Crippen LogP contribution >= 0.6 is 0 Å². The number of nitrogens with zero attached hydrogens (tertiary/aromatic N) is 4. The van der Waals surface area contributed by atoms with E-state index in [1.165, 1.54) is 59.9 Å². The van der Waals surface area contributed by atoms with Crippen molar-refractivity contribution in [2.24, 2.45) is 0 Å². The lowest BCUT2D eigenvalue weighted by atomic mass is 10.0. The maximum atomic E-state index is 5.15. The van der Waals surface area contributed by atoms with Gasteiger partial charge in [0.1, 0.15) is 0 Å². The molecule has 0 saturated heterocycles. The number of rotatable bonds is 4. The zero-order chi connectivity index (χ0) is 32.8. The number of benzene rings is 7. The van der Waals surface area contributed by atoms with Crippen molar-refractivity contribution in [2.75, 3.05) is 0 Å². The monoisotopic (exact) mass is 636 g/mol. The highest BCUT2D eigenvalue weighted by Crippen LogP contribution is 2.46. The molecule has 11 aromatic rings. The number of hydrogen-bond acceptors (Lipinski definition) is 2. The van der Waals surface area contributed by atoms with E-state index in [9.17, 15) is 0 Å². The molecule has 0 atom stereocenters. The Morgan fingerprint density at radius 3 is 1.58 bits per heavy atom. The second-order valence-corrected chi connectivity index (χ2v) is 13.0. The van der Waals surface area contributed by atoms with Crippen LogP contribution < -0.4 is 0 Å². The lowest BCUT2D eigenvalue weighted by Crippen LogP contribution is -1.98. The number of fused-ring (bicyclic) bond motifs is 10. The highest BCUT2D eigenvalue weighted by Gasteiger charge is 2.24. The molecule has 4 heteroatoms. The van der Waals surface area contributed by atoms with Crippen LogP contribution in [0, 0.1) is 0 Å². The van der Waals surface area contributed by atoms with Crippen molar-refractivity contribution in [2.45, 2.75) is 0 Å². The fourth-order valence-corrected chi connectivity index (χ4v) is 8.12. The van der Waals surface area contributed by atoms with Gasteiger partial charge < -0.3 is 8.97 Å². The zero-order valence-electron chi connectivity index (χ0n) is 27.0. The Balaban J connectivity index is 1.21. The van der Waals surface area contributed by atoms with Crippen LogP contribution in [0.3, 0.4) is 0 Å². The molecule has 0 bridgehead atoms. The molecule has 0 unspecified atom stereocenters. The van der Waals surface area contributed by atoms with E-state index < -0.39 is 0 Å². The highest BCUT2D eigenvalue weighted by atomic mass is 15.0. The maximum absolute atomic E-state index is 5.15. The standard InChI is InChI=1S/C46H28N4/c1-3-14-29(15-4-1)37-28-38(30-16-5-2-6-17-30)48-46(47-37)31-18-13-19-32(26-31)49-40-24-11-8-21-34(40)43-42(49)27-36-33-20-7-10-23-39(33)50-41-25-12-9-22-35(41)44(43)45(36)50/h1-28H. The molecule has 0 N–H and O–H groups in total. The Bertz CT molecular complexity index is 3020. The fraction of sp³-hybridized carbons (Fsp3) is 0. The molecule has 11 rings (SSSR count). The molecular formula is C46H28N4. The quantitative estimate of drug-likeness (QED) is 0.193. The van der Waals surface area contributed by atoms with Crippen molar-refractivity contribution < 1.29 is 0 Å². The Morgan fingerprint density at radius 1 is 0.360 bits per heavy atom. The van der Waals surface area contributed by atoms with Gasteiger partial charge in [-0.3, -0.25) is 0 Å². The normalized spacial score (nSPS) is 12.0. The van der Waals surface area contributed by atoms with Crippen molar-refractivity contribution in [1.82, 2.24) is 18.9 Å². The summed E-state index contributed by atoms with van der Waals surface area (Å²) in [4.78, 5) is 10.3. The van der Waals surface area contributed by atoms with Crippen LogP contribution in [0.25, 0.3) is 99.5 Å². The van der Waals surface area contributed by atoms with Crippen LogP contribution in [0.1, 0.15) is 0 Å². The Labute approximate surface area is 287 Å². The van der Waals surface area contributed by atoms with E-state index in [4.69, 9.17) is 9.97 Å². The van der Waals surface area contributed by atoms with Gasteiger partial charge in [-0.1, -0.05) is 127 Å². The number of aromatic nitrogens is 4. The molecule has 0 fully saturated rings. The summed E-state index contributed by atoms with van der Waals surface area (Å²) < 4.78 is 4.89. The molecule has 7 aromatic carbocycles. The van der Waals surface area contributed by atoms with Gasteiger partial charge in [0.25, 0.3) is 0 Å². The molecule has 0 saturated carbocycles. The first kappa shape index (κ1) is 27.2. The van der Waals surface area contributed by atoms with Crippen LogP contribution in [-0.2, 0) is 0 Å². The molecule has 4 aromatic heterocycles. The second-order valence-electron chi connectivity index (χ2n) is 13.0. The topological polar surface area (TPSA) is 35.1 Å². The minimum atomic E-state index is 0.700. The summed E-state index contributed by atoms with van der Waals surface area (Å²) in [6.07, 6.45) is 0. The summed E-state index contributed by atoms with van der Waals surface area (Å²) >= 11 is 0. The van der Waals surface area contributed by atoms with Crippen LogP contribution in [-0.4, -0.2) is 18.9 Å². The van der Waals surface area contributed by atoms with E-state index in [0.29, 0.717) is 5.82 Å². The van der Waals surface area contributed by atoms with Gasteiger partial charge >= 0.3 is 0 Å². The van der Waals surface area contributed by atoms with Crippen LogP contribution in [0.4, 0.5) is 0 Å². The molecule has 232 valence electrons. The molecular weight excluding hydrogens is 609 g/mol. The highest BCUT2D eigenvalue weighted by molar-refractivity contribution is 6.35. The second kappa shape index (κ2) is 10.4. The van der Waals surface area contributed by atoms with Gasteiger partial charge in [0.2, 0.25) is 0 Å². The summed E-state index contributed by atoms with van der Waals surface area (Å²) in [7, 11) is 0. The predicted molar refractivity (Wildman–Crippen MR) is 207 cm³/mol. The first-order valence-electron chi connectivity index (χ1n) is 17.0. The molecule has 4 heterocycles. The molecule has 50 heavy (non-hydrogen) atoms. The van der Waals surface area contributed by atoms with Crippen molar-refractivity contribution in [3.63, 3.8) is 0 Å². The number of hydrogen-bond donors (Lipinski definition) is 0. The van der Waals surface area contributed by atoms with Gasteiger partial charge in [0, 0.05) is 54.7 Å². The summed E-state index contributed by atoms with van der Waals surface area (Å²) in [6.45, 7) is 0. The molecule has 0 aliphatic heterocycles. The Hall–Kier alpha value is -6.78. The SMILES string of the molecule is c1ccc(-c2cc(-c3ccccc3)nc(-c3cccc(-n4c5ccccc5c5c6c7ccccc7n7c8ccccc8c(cc54)c67)c3)n2)cc1. The summed E-state index contributed by atoms with van der Waals surface area (Å²) in [6, 6.07) is 60.4. The lowest BCUT2D eigenvalue weighted by molar-refractivity contribution is 1.16. The average Bonchev–Trinajstić information content (AvgIpc) is 3.83. The van der Waals surface area contributed by atoms with Gasteiger partial charge in [-0.2, -0.15) is 0 Å². The lowest BCUT2D eigenvalue weighted by Gasteiger charge is -2.12. The molecule has 0 amide bonds. The third-order valence-corrected chi connectivity index (χ3v) is 10.2.